The highest BCUT2D eigenvalue weighted by Crippen LogP contribution is 2.38. The maximum Gasteiger partial charge on any atom is 0.146 e. The number of hydrogen-bond donors (Lipinski definition) is 1. The molecular formula is C22H25NO. The summed E-state index contributed by atoms with van der Waals surface area (Å²) in [5.41, 5.74) is 6.07. The second-order valence-corrected chi connectivity index (χ2v) is 7.08. The molecule has 1 unspecified atom stereocenters. The SMILES string of the molecule is CN1c2ccccc2C(c2ccc(C3CCCCC3)cc2)=CC1O. The van der Waals surface area contributed by atoms with Crippen molar-refractivity contribution in [1.82, 2.24) is 0 Å². The van der Waals surface area contributed by atoms with E-state index in [0.29, 0.717) is 0 Å². The van der Waals surface area contributed by atoms with Gasteiger partial charge < -0.3 is 10.0 Å². The van der Waals surface area contributed by atoms with Crippen molar-refractivity contribution in [3.8, 4) is 0 Å². The van der Waals surface area contributed by atoms with Crippen LogP contribution in [0.1, 0.15) is 54.7 Å². The molecule has 1 saturated carbocycles. The molecule has 2 aliphatic rings. The monoisotopic (exact) mass is 319 g/mol. The number of fused-ring (bicyclic) bond motifs is 1. The molecule has 2 nitrogen and oxygen atoms in total. The van der Waals surface area contributed by atoms with E-state index >= 15 is 0 Å². The average molecular weight is 319 g/mol. The van der Waals surface area contributed by atoms with Crippen molar-refractivity contribution >= 4 is 11.3 Å². The Kier molecular flexibility index (Phi) is 4.15. The molecule has 1 atom stereocenters. The summed E-state index contributed by atoms with van der Waals surface area (Å²) in [6, 6.07) is 17.3. The number of rotatable bonds is 2. The van der Waals surface area contributed by atoms with E-state index in [9.17, 15) is 5.11 Å². The first-order valence-electron chi connectivity index (χ1n) is 9.06. The quantitative estimate of drug-likeness (QED) is 0.848. The minimum absolute atomic E-state index is 0.576. The zero-order valence-electron chi connectivity index (χ0n) is 14.3. The molecule has 2 aromatic rings. The summed E-state index contributed by atoms with van der Waals surface area (Å²) < 4.78 is 0. The highest BCUT2D eigenvalue weighted by molar-refractivity contribution is 5.89. The summed E-state index contributed by atoms with van der Waals surface area (Å²) in [4.78, 5) is 1.91. The van der Waals surface area contributed by atoms with Crippen molar-refractivity contribution in [1.29, 1.82) is 0 Å². The molecule has 0 aromatic heterocycles. The highest BCUT2D eigenvalue weighted by atomic mass is 16.3. The fourth-order valence-corrected chi connectivity index (χ4v) is 4.12. The lowest BCUT2D eigenvalue weighted by Crippen LogP contribution is -2.33. The minimum atomic E-state index is -0.576. The van der Waals surface area contributed by atoms with Crippen molar-refractivity contribution in [3.05, 3.63) is 71.3 Å². The topological polar surface area (TPSA) is 23.5 Å². The van der Waals surface area contributed by atoms with Gasteiger partial charge in [-0.15, -0.1) is 0 Å². The average Bonchev–Trinajstić information content (AvgIpc) is 2.66. The number of anilines is 1. The van der Waals surface area contributed by atoms with E-state index in [1.807, 2.05) is 24.1 Å². The molecule has 124 valence electrons. The molecule has 24 heavy (non-hydrogen) atoms. The van der Waals surface area contributed by atoms with E-state index < -0.39 is 6.23 Å². The molecular weight excluding hydrogens is 294 g/mol. The first kappa shape index (κ1) is 15.5. The van der Waals surface area contributed by atoms with Crippen molar-refractivity contribution in [3.63, 3.8) is 0 Å². The molecule has 0 amide bonds. The molecule has 1 aliphatic carbocycles. The predicted molar refractivity (Wildman–Crippen MR) is 100 cm³/mol. The number of para-hydroxylation sites is 1. The van der Waals surface area contributed by atoms with Crippen LogP contribution in [0.5, 0.6) is 0 Å². The number of hydrogen-bond acceptors (Lipinski definition) is 2. The molecule has 1 fully saturated rings. The highest BCUT2D eigenvalue weighted by Gasteiger charge is 2.23. The molecule has 0 bridgehead atoms. The second kappa shape index (κ2) is 6.45. The van der Waals surface area contributed by atoms with E-state index in [1.165, 1.54) is 48.8 Å². The lowest BCUT2D eigenvalue weighted by molar-refractivity contribution is 0.222. The Hall–Kier alpha value is -2.06. The summed E-state index contributed by atoms with van der Waals surface area (Å²) >= 11 is 0. The van der Waals surface area contributed by atoms with Gasteiger partial charge >= 0.3 is 0 Å². The van der Waals surface area contributed by atoms with Crippen molar-refractivity contribution < 1.29 is 5.11 Å². The molecule has 2 aromatic carbocycles. The van der Waals surface area contributed by atoms with Crippen LogP contribution in [-0.2, 0) is 0 Å². The Labute approximate surface area is 144 Å². The van der Waals surface area contributed by atoms with Gasteiger partial charge in [0.2, 0.25) is 0 Å². The zero-order valence-corrected chi connectivity index (χ0v) is 14.3. The lowest BCUT2D eigenvalue weighted by Gasteiger charge is -2.32. The van der Waals surface area contributed by atoms with Gasteiger partial charge in [-0.2, -0.15) is 0 Å². The van der Waals surface area contributed by atoms with E-state index in [0.717, 1.165) is 17.2 Å². The Morgan fingerprint density at radius 3 is 2.38 bits per heavy atom. The van der Waals surface area contributed by atoms with E-state index in [-0.39, 0.29) is 0 Å². The number of nitrogens with zero attached hydrogens (tertiary/aromatic N) is 1. The largest absolute Gasteiger partial charge is 0.370 e. The molecule has 4 rings (SSSR count). The van der Waals surface area contributed by atoms with Gasteiger partial charge in [0.25, 0.3) is 0 Å². The Morgan fingerprint density at radius 1 is 0.917 bits per heavy atom. The summed E-state index contributed by atoms with van der Waals surface area (Å²) in [5.74, 6) is 0.733. The lowest BCUT2D eigenvalue weighted by atomic mass is 9.83. The third-order valence-electron chi connectivity index (χ3n) is 5.59. The van der Waals surface area contributed by atoms with Gasteiger partial charge in [-0.3, -0.25) is 0 Å². The second-order valence-electron chi connectivity index (χ2n) is 7.08. The van der Waals surface area contributed by atoms with Crippen LogP contribution in [0, 0.1) is 0 Å². The smallest absolute Gasteiger partial charge is 0.146 e. The fourth-order valence-electron chi connectivity index (χ4n) is 4.12. The van der Waals surface area contributed by atoms with Crippen LogP contribution < -0.4 is 4.90 Å². The van der Waals surface area contributed by atoms with Crippen LogP contribution >= 0.6 is 0 Å². The van der Waals surface area contributed by atoms with Gasteiger partial charge in [-0.05, 0) is 47.6 Å². The van der Waals surface area contributed by atoms with E-state index in [2.05, 4.69) is 42.5 Å². The fraction of sp³-hybridized carbons (Fsp3) is 0.364. The maximum atomic E-state index is 10.4. The Balaban J connectivity index is 1.67. The third kappa shape index (κ3) is 2.76. The number of aliphatic hydroxyl groups excluding tert-OH is 1. The molecule has 0 radical (unpaired) electrons. The first-order valence-corrected chi connectivity index (χ1v) is 9.06. The Bertz CT molecular complexity index is 741. The maximum absolute atomic E-state index is 10.4. The summed E-state index contributed by atoms with van der Waals surface area (Å²) in [5, 5.41) is 10.4. The van der Waals surface area contributed by atoms with Gasteiger partial charge in [-0.1, -0.05) is 61.7 Å². The molecule has 1 aliphatic heterocycles. The van der Waals surface area contributed by atoms with Crippen LogP contribution in [0.2, 0.25) is 0 Å². The standard InChI is InChI=1S/C22H25NO/c1-23-21-10-6-5-9-19(21)20(15-22(23)24)18-13-11-17(12-14-18)16-7-3-2-4-8-16/h5-6,9-16,22,24H,2-4,7-8H2,1H3. The van der Waals surface area contributed by atoms with E-state index in [4.69, 9.17) is 0 Å². The van der Waals surface area contributed by atoms with Crippen molar-refractivity contribution in [2.75, 3.05) is 11.9 Å². The zero-order chi connectivity index (χ0) is 16.5. The van der Waals surface area contributed by atoms with Crippen LogP contribution in [0.3, 0.4) is 0 Å². The van der Waals surface area contributed by atoms with Crippen molar-refractivity contribution in [2.45, 2.75) is 44.2 Å². The molecule has 2 heteroatoms. The third-order valence-corrected chi connectivity index (χ3v) is 5.59. The first-order chi connectivity index (χ1) is 11.7. The van der Waals surface area contributed by atoms with Gasteiger partial charge in [0.1, 0.15) is 6.23 Å². The number of likely N-dealkylation sites (N-methyl/N-ethyl adjacent to an activating group) is 1. The van der Waals surface area contributed by atoms with Gasteiger partial charge in [0.15, 0.2) is 0 Å². The normalized spacial score (nSPS) is 21.3. The van der Waals surface area contributed by atoms with Crippen molar-refractivity contribution in [2.24, 2.45) is 0 Å². The van der Waals surface area contributed by atoms with Crippen LogP contribution in [0.4, 0.5) is 5.69 Å². The summed E-state index contributed by atoms with van der Waals surface area (Å²) in [6.45, 7) is 0. The molecule has 1 N–H and O–H groups in total. The minimum Gasteiger partial charge on any atom is -0.370 e. The van der Waals surface area contributed by atoms with Crippen LogP contribution in [0.15, 0.2) is 54.6 Å². The van der Waals surface area contributed by atoms with Crippen LogP contribution in [0.25, 0.3) is 5.57 Å². The molecule has 1 heterocycles. The predicted octanol–water partition coefficient (Wildman–Crippen LogP) is 4.93. The summed E-state index contributed by atoms with van der Waals surface area (Å²) in [6.07, 6.45) is 8.16. The van der Waals surface area contributed by atoms with Crippen LogP contribution in [-0.4, -0.2) is 18.4 Å². The van der Waals surface area contributed by atoms with E-state index in [1.54, 1.807) is 0 Å². The number of benzene rings is 2. The van der Waals surface area contributed by atoms with Gasteiger partial charge in [0.05, 0.1) is 0 Å². The van der Waals surface area contributed by atoms with Gasteiger partial charge in [0, 0.05) is 18.3 Å². The Morgan fingerprint density at radius 2 is 1.62 bits per heavy atom. The summed E-state index contributed by atoms with van der Waals surface area (Å²) in [7, 11) is 1.93. The van der Waals surface area contributed by atoms with Gasteiger partial charge in [-0.25, -0.2) is 0 Å². The molecule has 0 saturated heterocycles. The number of aliphatic hydroxyl groups is 1. The molecule has 0 spiro atoms.